The number of nitrogens with zero attached hydrogens (tertiary/aromatic N) is 12. The van der Waals surface area contributed by atoms with Gasteiger partial charge in [0.05, 0.1) is 11.5 Å². The molecule has 637 valence electrons. The number of benzene rings is 10. The first-order chi connectivity index (χ1) is 60.0. The monoisotopic (exact) mass is 1840 g/mol. The molecule has 6 heterocycles. The van der Waals surface area contributed by atoms with Crippen LogP contribution in [0.3, 0.4) is 0 Å². The summed E-state index contributed by atoms with van der Waals surface area (Å²) in [4.78, 5) is 61.4. The Labute approximate surface area is 792 Å². The Morgan fingerprint density at radius 2 is 0.841 bits per heavy atom. The number of hydrogen-bond donors (Lipinski definition) is 2. The second-order valence-corrected chi connectivity index (χ2v) is 31.3. The van der Waals surface area contributed by atoms with Crippen molar-refractivity contribution in [2.75, 3.05) is 0 Å². The van der Waals surface area contributed by atoms with Crippen LogP contribution in [0.1, 0.15) is 163 Å². The Morgan fingerprint density at radius 3 is 1.17 bits per heavy atom. The molecule has 0 unspecified atom stereocenters. The van der Waals surface area contributed by atoms with Crippen molar-refractivity contribution in [3.8, 4) is 45.0 Å². The van der Waals surface area contributed by atoms with Crippen LogP contribution in [-0.4, -0.2) is 87.0 Å². The van der Waals surface area contributed by atoms with Gasteiger partial charge in [0.1, 0.15) is 34.0 Å². The number of aliphatic hydroxyl groups is 2. The van der Waals surface area contributed by atoms with Crippen LogP contribution in [-0.2, 0) is 75.0 Å². The van der Waals surface area contributed by atoms with E-state index in [1.54, 1.807) is 46.1 Å². The predicted octanol–water partition coefficient (Wildman–Crippen LogP) is 16.0. The van der Waals surface area contributed by atoms with E-state index in [2.05, 4.69) is 212 Å². The summed E-state index contributed by atoms with van der Waals surface area (Å²) in [7, 11) is 0. The third kappa shape index (κ3) is 22.0. The van der Waals surface area contributed by atoms with Gasteiger partial charge in [0.25, 0.3) is 0 Å². The number of esters is 1. The maximum atomic E-state index is 13.8. The summed E-state index contributed by atoms with van der Waals surface area (Å²) >= 11 is 7.52. The predicted molar refractivity (Wildman–Crippen MR) is 487 cm³/mol. The van der Waals surface area contributed by atoms with Crippen LogP contribution in [0.25, 0.3) is 45.0 Å². The van der Waals surface area contributed by atoms with E-state index >= 15 is 0 Å². The third-order valence-corrected chi connectivity index (χ3v) is 20.8. The van der Waals surface area contributed by atoms with Crippen LogP contribution < -0.4 is 63.0 Å². The number of carbonyl (C=O) groups excluding carboxylic acids is 3. The van der Waals surface area contributed by atoms with Gasteiger partial charge in [0, 0.05) is 30.6 Å². The minimum absolute atomic E-state index is 0. The van der Waals surface area contributed by atoms with E-state index in [0.29, 0.717) is 47.7 Å². The average Bonchev–Trinajstić information content (AvgIpc) is 1.28. The normalized spacial score (nSPS) is 11.2. The first kappa shape index (κ1) is 96.5. The molecule has 126 heavy (non-hydrogen) atoms. The quantitative estimate of drug-likeness (QED) is 0.0127. The Balaban J connectivity index is 0.000000226. The van der Waals surface area contributed by atoms with Crippen molar-refractivity contribution in [3.63, 3.8) is 0 Å². The molecule has 0 fully saturated rings. The zero-order chi connectivity index (χ0) is 88.0. The molecular weight excluding hydrogens is 1750 g/mol. The summed E-state index contributed by atoms with van der Waals surface area (Å²) < 4.78 is 32.4. The van der Waals surface area contributed by atoms with Crippen molar-refractivity contribution in [1.29, 1.82) is 0 Å². The number of rotatable bonds is 26. The van der Waals surface area contributed by atoms with Crippen LogP contribution in [0.2, 0.25) is 6.82 Å². The van der Waals surface area contributed by atoms with Crippen molar-refractivity contribution in [2.24, 2.45) is 0 Å². The van der Waals surface area contributed by atoms with E-state index in [4.69, 9.17) is 65.4 Å². The Kier molecular flexibility index (Phi) is 34.4. The first-order valence-electron chi connectivity index (χ1n) is 40.2. The topological polar surface area (TPSA) is 310 Å². The Hall–Kier alpha value is -11.7. The van der Waals surface area contributed by atoms with Gasteiger partial charge in [-0.2, -0.15) is 32.0 Å². The molecule has 0 amide bonds. The molecule has 10 aromatic carbocycles. The summed E-state index contributed by atoms with van der Waals surface area (Å²) in [5, 5.41) is 51.3. The molecule has 0 aliphatic rings. The molecule has 0 aliphatic heterocycles. The minimum atomic E-state index is -1.46. The molecule has 0 aliphatic carbocycles. The fourth-order valence-corrected chi connectivity index (χ4v) is 15.2. The SMILES string of the molecule is C.CCCc1nc(C(C)(C)O)[c-]n1Cc1ccc(-c2ccccc2-c2nnnn2C(c2ccccc2)(c2ccccc2)c2ccccc2)cc1.CCCc1nc(C(C)(C)O)c(C(=O)OCc2oc(=O)oc2C)n1Cc1ccc(-c2ccccc2-c2nnnn2C(c2ccccc2)(c2ccccc2)c2ccccc2)cc1.C[B]I.Cc1oc(=O)oc1CCl.O=C=O.[K+]. The third-order valence-electron chi connectivity index (χ3n) is 20.5. The summed E-state index contributed by atoms with van der Waals surface area (Å²) in [6.07, 6.45) is 6.67. The van der Waals surface area contributed by atoms with E-state index in [0.717, 1.165) is 103 Å². The van der Waals surface area contributed by atoms with Crippen LogP contribution in [0.4, 0.5) is 0 Å². The Bertz CT molecular complexity index is 6110. The van der Waals surface area contributed by atoms with E-state index in [1.165, 1.54) is 0 Å². The first-order valence-corrected chi connectivity index (χ1v) is 41.9. The fraction of sp³-hybridized carbons (Fsp3) is 0.224. The molecule has 0 atom stereocenters. The van der Waals surface area contributed by atoms with Gasteiger partial charge >= 0.3 is 75.2 Å². The van der Waals surface area contributed by atoms with Crippen LogP contribution >= 0.6 is 34.0 Å². The van der Waals surface area contributed by atoms with Crippen LogP contribution in [0.5, 0.6) is 0 Å². The number of imidazole rings is 2. The second-order valence-electron chi connectivity index (χ2n) is 29.8. The number of hydrogen-bond acceptors (Lipinski definition) is 20. The van der Waals surface area contributed by atoms with Gasteiger partial charge in [0.2, 0.25) is 0 Å². The molecule has 6 aromatic heterocycles. The summed E-state index contributed by atoms with van der Waals surface area (Å²) in [5.74, 6) is 1.88. The second kappa shape index (κ2) is 44.9. The summed E-state index contributed by atoms with van der Waals surface area (Å²) in [5.41, 5.74) is 10.5. The Morgan fingerprint density at radius 1 is 0.500 bits per heavy atom. The van der Waals surface area contributed by atoms with Crippen molar-refractivity contribution in [2.45, 2.75) is 143 Å². The summed E-state index contributed by atoms with van der Waals surface area (Å²) in [6, 6.07) is 95.2. The maximum Gasteiger partial charge on any atom is 1.00 e. The molecule has 0 saturated carbocycles. The molecule has 2 N–H and O–H groups in total. The van der Waals surface area contributed by atoms with Gasteiger partial charge in [-0.05, 0) is 147 Å². The number of aryl methyl sites for hydroxylation is 4. The molecule has 1 radical (unpaired) electrons. The van der Waals surface area contributed by atoms with Gasteiger partial charge in [-0.1, -0.05) is 320 Å². The van der Waals surface area contributed by atoms with E-state index in [9.17, 15) is 24.6 Å². The van der Waals surface area contributed by atoms with E-state index in [-0.39, 0.29) is 107 Å². The molecule has 0 saturated heterocycles. The number of ether oxygens (including phenoxy) is 1. The van der Waals surface area contributed by atoms with Crippen LogP contribution in [0.15, 0.2) is 306 Å². The van der Waals surface area contributed by atoms with E-state index in [1.807, 2.05) is 154 Å². The molecule has 24 nitrogen and oxygen atoms in total. The largest absolute Gasteiger partial charge is 1.00 e. The fourth-order valence-electron chi connectivity index (χ4n) is 14.9. The molecule has 28 heteroatoms. The van der Waals surface area contributed by atoms with Crippen molar-refractivity contribution >= 4 is 51.2 Å². The zero-order valence-corrected chi connectivity index (χ0v) is 76.9. The van der Waals surface area contributed by atoms with Gasteiger partial charge in [-0.25, -0.2) is 28.7 Å². The molecule has 0 spiro atoms. The van der Waals surface area contributed by atoms with Gasteiger partial charge < -0.3 is 46.7 Å². The zero-order valence-electron chi connectivity index (χ0n) is 70.9. The number of tetrazole rings is 2. The van der Waals surface area contributed by atoms with Gasteiger partial charge in [-0.3, -0.25) is 0 Å². The molecule has 16 rings (SSSR count). The number of halogens is 2. The van der Waals surface area contributed by atoms with Crippen molar-refractivity contribution < 1.29 is 98.4 Å². The van der Waals surface area contributed by atoms with Gasteiger partial charge in [-0.15, -0.1) is 28.0 Å². The summed E-state index contributed by atoms with van der Waals surface area (Å²) in [6.45, 7) is 16.6. The molecule has 0 bridgehead atoms. The maximum absolute atomic E-state index is 13.8. The van der Waals surface area contributed by atoms with Gasteiger partial charge in [0.15, 0.2) is 46.4 Å². The number of aromatic nitrogens is 12. The molecule has 16 aromatic rings. The average molecular weight is 1850 g/mol. The number of carbonyl (C=O) groups is 1. The standard InChI is InChI=1S/C48H44N6O6.C42H39N6O.C5H5ClO3.CH3BI.CO2.CH4.K/c1-5-17-41-49-43(47(3,4)57)42(45(55)58-31-40-32(2)59-46(56)60-40)53(41)30-33-26-28-34(29-27-33)38-24-15-16-25-39(38)44-50-51-52-54(44)48(35-18-9-6-10-19-35,36-20-11-7-12-21-36)37-22-13-8-14-23-37;1-4-16-39-43-38(41(2,3)49)30-47(39)29-31-25-27-32(28-26-31)36-23-14-15-24-37(36)40-44-45-46-48(40)42(33-17-8-5-9-18-33,34-19-10-6-11-20-34)35-21-12-7-13-22-35;1-3-4(2-6)9-5(7)8-3;1-2-3;2-1-3;;/h6-16,18-29,57H,5,17,30-31H2,1-4H3;5-15,17-28,49H,4,16,29H2,1-3H3;2H2,1H3;1H3;;1H4;/q;-1;;;;;+1. The van der Waals surface area contributed by atoms with Crippen molar-refractivity contribution in [3.05, 3.63) is 403 Å². The van der Waals surface area contributed by atoms with Crippen molar-refractivity contribution in [1.82, 2.24) is 59.5 Å². The number of alkyl halides is 1. The van der Waals surface area contributed by atoms with Crippen LogP contribution in [0, 0.1) is 20.0 Å². The molecular formula is C98H95BClIKN12O12. The minimum Gasteiger partial charge on any atom is -0.494 e. The smallest absolute Gasteiger partial charge is 0.494 e. The van der Waals surface area contributed by atoms with E-state index < -0.39 is 39.9 Å².